The third-order valence-electron chi connectivity index (χ3n) is 3.42. The Morgan fingerprint density at radius 3 is 2.41 bits per heavy atom. The van der Waals surface area contributed by atoms with Crippen molar-refractivity contribution in [3.05, 3.63) is 54.6 Å². The highest BCUT2D eigenvalue weighted by Crippen LogP contribution is 2.32. The first-order valence-corrected chi connectivity index (χ1v) is 7.84. The van der Waals surface area contributed by atoms with Crippen LogP contribution in [0.4, 0.5) is 14.5 Å². The van der Waals surface area contributed by atoms with Crippen LogP contribution in [0.2, 0.25) is 0 Å². The van der Waals surface area contributed by atoms with Gasteiger partial charge in [-0.05, 0) is 30.3 Å². The highest BCUT2D eigenvalue weighted by Gasteiger charge is 2.15. The number of anilines is 1. The third kappa shape index (κ3) is 5.34. The van der Waals surface area contributed by atoms with Crippen molar-refractivity contribution in [2.75, 3.05) is 26.1 Å². The van der Waals surface area contributed by atoms with E-state index in [4.69, 9.17) is 14.2 Å². The van der Waals surface area contributed by atoms with Gasteiger partial charge in [-0.15, -0.1) is 0 Å². The van der Waals surface area contributed by atoms with E-state index in [9.17, 15) is 13.6 Å². The second-order valence-corrected chi connectivity index (χ2v) is 5.16. The number of alkyl halides is 2. The Morgan fingerprint density at radius 2 is 1.78 bits per heavy atom. The first-order chi connectivity index (χ1) is 13.0. The maximum Gasteiger partial charge on any atom is 0.387 e. The van der Waals surface area contributed by atoms with Gasteiger partial charge in [0.25, 0.3) is 5.91 Å². The van der Waals surface area contributed by atoms with Gasteiger partial charge in [-0.3, -0.25) is 4.79 Å². The number of rotatable bonds is 9. The van der Waals surface area contributed by atoms with Crippen LogP contribution in [-0.2, 0) is 0 Å². The van der Waals surface area contributed by atoms with Gasteiger partial charge < -0.3 is 24.3 Å². The van der Waals surface area contributed by atoms with Crippen LogP contribution in [0.1, 0.15) is 10.4 Å². The van der Waals surface area contributed by atoms with Crippen molar-refractivity contribution >= 4 is 11.6 Å². The van der Waals surface area contributed by atoms with Crippen molar-refractivity contribution in [1.29, 1.82) is 0 Å². The van der Waals surface area contributed by atoms with Gasteiger partial charge in [-0.1, -0.05) is 12.7 Å². The summed E-state index contributed by atoms with van der Waals surface area (Å²) in [5, 5.41) is 2.61. The second kappa shape index (κ2) is 9.42. The first kappa shape index (κ1) is 20.0. The molecule has 0 aliphatic carbocycles. The van der Waals surface area contributed by atoms with Crippen molar-refractivity contribution < 1.29 is 32.5 Å². The number of carbonyl (C=O) groups excluding carboxylic acids is 1. The van der Waals surface area contributed by atoms with E-state index in [1.165, 1.54) is 38.5 Å². The van der Waals surface area contributed by atoms with E-state index in [2.05, 4.69) is 16.6 Å². The summed E-state index contributed by atoms with van der Waals surface area (Å²) in [5.41, 5.74) is 0.562. The van der Waals surface area contributed by atoms with E-state index in [0.29, 0.717) is 23.7 Å². The topological polar surface area (TPSA) is 66.0 Å². The van der Waals surface area contributed by atoms with Gasteiger partial charge in [0.15, 0.2) is 23.0 Å². The number of methoxy groups -OCH3 is 2. The molecular formula is C19H19F2NO5. The van der Waals surface area contributed by atoms with Crippen molar-refractivity contribution in [3.63, 3.8) is 0 Å². The van der Waals surface area contributed by atoms with Gasteiger partial charge in [-0.25, -0.2) is 0 Å². The zero-order valence-electron chi connectivity index (χ0n) is 14.8. The number of carbonyl (C=O) groups is 1. The number of hydrogen-bond donors (Lipinski definition) is 1. The summed E-state index contributed by atoms with van der Waals surface area (Å²) < 4.78 is 45.0. The predicted molar refractivity (Wildman–Crippen MR) is 96.3 cm³/mol. The molecule has 0 saturated carbocycles. The van der Waals surface area contributed by atoms with Gasteiger partial charge in [0, 0.05) is 17.3 Å². The molecule has 0 radical (unpaired) electrons. The highest BCUT2D eigenvalue weighted by molar-refractivity contribution is 6.04. The zero-order chi connectivity index (χ0) is 19.8. The predicted octanol–water partition coefficient (Wildman–Crippen LogP) is 4.12. The normalized spacial score (nSPS) is 10.3. The number of nitrogens with one attached hydrogen (secondary N) is 1. The zero-order valence-corrected chi connectivity index (χ0v) is 14.8. The number of hydrogen-bond acceptors (Lipinski definition) is 5. The van der Waals surface area contributed by atoms with Crippen molar-refractivity contribution in [2.24, 2.45) is 0 Å². The minimum atomic E-state index is -3.02. The fourth-order valence-corrected chi connectivity index (χ4v) is 2.22. The Bertz CT molecular complexity index is 811. The lowest BCUT2D eigenvalue weighted by molar-refractivity contribution is -0.0511. The minimum Gasteiger partial charge on any atom is -0.493 e. The number of benzene rings is 2. The molecule has 0 heterocycles. The van der Waals surface area contributed by atoms with Gasteiger partial charge >= 0.3 is 6.61 Å². The average Bonchev–Trinajstić information content (AvgIpc) is 2.66. The second-order valence-electron chi connectivity index (χ2n) is 5.16. The average molecular weight is 379 g/mol. The number of ether oxygens (including phenoxy) is 4. The fraction of sp³-hybridized carbons (Fsp3) is 0.211. The van der Waals surface area contributed by atoms with Gasteiger partial charge in [0.2, 0.25) is 0 Å². The first-order valence-electron chi connectivity index (χ1n) is 7.84. The number of halogens is 2. The number of amides is 1. The van der Waals surface area contributed by atoms with Gasteiger partial charge in [0.05, 0.1) is 14.2 Å². The quantitative estimate of drug-likeness (QED) is 0.664. The maximum absolute atomic E-state index is 12.5. The third-order valence-corrected chi connectivity index (χ3v) is 3.42. The Balaban J connectivity index is 2.20. The Hall–Kier alpha value is -3.29. The molecule has 1 N–H and O–H groups in total. The molecule has 1 amide bonds. The molecule has 0 fully saturated rings. The minimum absolute atomic E-state index is 0.124. The van der Waals surface area contributed by atoms with Crippen LogP contribution in [0.3, 0.4) is 0 Å². The van der Waals surface area contributed by atoms with E-state index >= 15 is 0 Å². The summed E-state index contributed by atoms with van der Waals surface area (Å²) in [4.78, 5) is 12.5. The molecule has 0 bridgehead atoms. The van der Waals surface area contributed by atoms with Crippen LogP contribution < -0.4 is 24.3 Å². The van der Waals surface area contributed by atoms with Crippen molar-refractivity contribution in [1.82, 2.24) is 0 Å². The molecule has 2 aromatic carbocycles. The molecule has 6 nitrogen and oxygen atoms in total. The summed E-state index contributed by atoms with van der Waals surface area (Å²) in [6.45, 7) is 0.841. The standard InChI is InChI=1S/C19H19F2NO5/c1-4-9-26-15-7-5-12(10-16(15)25-3)18(23)22-13-6-8-14(24-2)17(11-13)27-19(20)21/h4-8,10-11,19H,1,9H2,2-3H3,(H,22,23). The molecule has 2 aromatic rings. The van der Waals surface area contributed by atoms with Crippen molar-refractivity contribution in [3.8, 4) is 23.0 Å². The Labute approximate surface area is 155 Å². The Morgan fingerprint density at radius 1 is 1.07 bits per heavy atom. The molecule has 0 aliphatic rings. The van der Waals surface area contributed by atoms with Crippen LogP contribution in [0, 0.1) is 0 Å². The molecule has 0 aromatic heterocycles. The molecule has 144 valence electrons. The SMILES string of the molecule is C=CCOc1ccc(C(=O)Nc2ccc(OC)c(OC(F)F)c2)cc1OC. The van der Waals surface area contributed by atoms with Crippen molar-refractivity contribution in [2.45, 2.75) is 6.61 Å². The largest absolute Gasteiger partial charge is 0.493 e. The smallest absolute Gasteiger partial charge is 0.387 e. The van der Waals surface area contributed by atoms with Gasteiger partial charge in [0.1, 0.15) is 6.61 Å². The van der Waals surface area contributed by atoms with Crippen LogP contribution in [-0.4, -0.2) is 33.3 Å². The monoisotopic (exact) mass is 379 g/mol. The molecule has 2 rings (SSSR count). The Kier molecular flexibility index (Phi) is 6.99. The molecule has 8 heteroatoms. The lowest BCUT2D eigenvalue weighted by Gasteiger charge is -2.13. The molecule has 0 atom stereocenters. The van der Waals surface area contributed by atoms with Crippen LogP contribution >= 0.6 is 0 Å². The van der Waals surface area contributed by atoms with E-state index in [1.54, 1.807) is 18.2 Å². The van der Waals surface area contributed by atoms with Crippen LogP contribution in [0.25, 0.3) is 0 Å². The summed E-state index contributed by atoms with van der Waals surface area (Å²) in [6, 6.07) is 8.83. The maximum atomic E-state index is 12.5. The summed E-state index contributed by atoms with van der Waals surface area (Å²) >= 11 is 0. The summed E-state index contributed by atoms with van der Waals surface area (Å²) in [5.74, 6) is 0.318. The molecular weight excluding hydrogens is 360 g/mol. The molecule has 0 unspecified atom stereocenters. The van der Waals surface area contributed by atoms with Crippen LogP contribution in [0.5, 0.6) is 23.0 Å². The molecule has 0 saturated heterocycles. The molecule has 0 spiro atoms. The lowest BCUT2D eigenvalue weighted by Crippen LogP contribution is -2.13. The van der Waals surface area contributed by atoms with Gasteiger partial charge in [-0.2, -0.15) is 8.78 Å². The lowest BCUT2D eigenvalue weighted by atomic mass is 10.1. The highest BCUT2D eigenvalue weighted by atomic mass is 19.3. The summed E-state index contributed by atoms with van der Waals surface area (Å²) in [7, 11) is 2.78. The molecule has 0 aliphatic heterocycles. The van der Waals surface area contributed by atoms with E-state index in [-0.39, 0.29) is 17.2 Å². The fourth-order valence-electron chi connectivity index (χ4n) is 2.22. The van der Waals surface area contributed by atoms with Crippen LogP contribution in [0.15, 0.2) is 49.1 Å². The molecule has 27 heavy (non-hydrogen) atoms. The van der Waals surface area contributed by atoms with E-state index < -0.39 is 12.5 Å². The summed E-state index contributed by atoms with van der Waals surface area (Å²) in [6.07, 6.45) is 1.59. The van der Waals surface area contributed by atoms with E-state index in [1.807, 2.05) is 0 Å². The van der Waals surface area contributed by atoms with E-state index in [0.717, 1.165) is 0 Å².